The summed E-state index contributed by atoms with van der Waals surface area (Å²) < 4.78 is 1.30. The molecule has 0 saturated carbocycles. The molecule has 0 fully saturated rings. The van der Waals surface area contributed by atoms with Gasteiger partial charge in [0.15, 0.2) is 5.78 Å². The van der Waals surface area contributed by atoms with Crippen LogP contribution in [-0.4, -0.2) is 20.5 Å². The number of nitrogens with zero attached hydrogens (tertiary/aromatic N) is 3. The highest BCUT2D eigenvalue weighted by Crippen LogP contribution is 2.08. The Morgan fingerprint density at radius 3 is 2.87 bits per heavy atom. The van der Waals surface area contributed by atoms with Gasteiger partial charge in [0.1, 0.15) is 6.54 Å². The lowest BCUT2D eigenvalue weighted by molar-refractivity contribution is -0.389. The average molecular weight is 211 g/mol. The molecule has 0 N–H and O–H groups in total. The van der Waals surface area contributed by atoms with E-state index < -0.39 is 4.92 Å². The van der Waals surface area contributed by atoms with Gasteiger partial charge in [0.25, 0.3) is 0 Å². The molecule has 15 heavy (non-hydrogen) atoms. The second-order valence-corrected chi connectivity index (χ2v) is 3.40. The van der Waals surface area contributed by atoms with Gasteiger partial charge >= 0.3 is 5.82 Å². The highest BCUT2D eigenvalue weighted by atomic mass is 16.6. The Bertz CT molecular complexity index is 372. The molecule has 1 aromatic heterocycles. The third-order valence-corrected chi connectivity index (χ3v) is 2.29. The molecule has 0 aliphatic carbocycles. The summed E-state index contributed by atoms with van der Waals surface area (Å²) in [6.45, 7) is 3.86. The van der Waals surface area contributed by atoms with Crippen LogP contribution in [-0.2, 0) is 11.3 Å². The van der Waals surface area contributed by atoms with Crippen molar-refractivity contribution in [3.8, 4) is 0 Å². The van der Waals surface area contributed by atoms with Crippen molar-refractivity contribution in [2.45, 2.75) is 26.8 Å². The first-order chi connectivity index (χ1) is 7.04. The molecule has 6 heteroatoms. The van der Waals surface area contributed by atoms with E-state index in [2.05, 4.69) is 5.10 Å². The van der Waals surface area contributed by atoms with Gasteiger partial charge in [0.05, 0.1) is 17.4 Å². The van der Waals surface area contributed by atoms with E-state index in [1.165, 1.54) is 16.9 Å². The standard InChI is InChI=1S/C9H13N3O3/c1-3-7(2)8(13)6-11-5-4-9(10-11)12(14)15/h4-5,7H,3,6H2,1-2H3. The van der Waals surface area contributed by atoms with Gasteiger partial charge in [-0.1, -0.05) is 13.8 Å². The van der Waals surface area contributed by atoms with E-state index >= 15 is 0 Å². The summed E-state index contributed by atoms with van der Waals surface area (Å²) in [5.74, 6) is -0.226. The van der Waals surface area contributed by atoms with Gasteiger partial charge in [-0.3, -0.25) is 4.79 Å². The maximum Gasteiger partial charge on any atom is 0.389 e. The number of carbonyl (C=O) groups excluding carboxylic acids is 1. The first-order valence-corrected chi connectivity index (χ1v) is 4.75. The van der Waals surface area contributed by atoms with Crippen molar-refractivity contribution < 1.29 is 9.72 Å². The summed E-state index contributed by atoms with van der Waals surface area (Å²) in [5, 5.41) is 14.0. The topological polar surface area (TPSA) is 78.0 Å². The minimum Gasteiger partial charge on any atom is -0.358 e. The quantitative estimate of drug-likeness (QED) is 0.544. The van der Waals surface area contributed by atoms with Crippen LogP contribution in [0.4, 0.5) is 5.82 Å². The van der Waals surface area contributed by atoms with E-state index in [1.54, 1.807) is 0 Å². The normalized spacial score (nSPS) is 12.4. The van der Waals surface area contributed by atoms with Crippen LogP contribution in [0.1, 0.15) is 20.3 Å². The monoisotopic (exact) mass is 211 g/mol. The molecule has 0 bridgehead atoms. The molecular formula is C9H13N3O3. The number of carbonyl (C=O) groups is 1. The maximum absolute atomic E-state index is 11.5. The van der Waals surface area contributed by atoms with Gasteiger partial charge < -0.3 is 10.1 Å². The summed E-state index contributed by atoms with van der Waals surface area (Å²) in [7, 11) is 0. The van der Waals surface area contributed by atoms with Crippen molar-refractivity contribution in [1.29, 1.82) is 0 Å². The summed E-state index contributed by atoms with van der Waals surface area (Å²) in [6, 6.07) is 1.28. The molecule has 0 aliphatic heterocycles. The fraction of sp³-hybridized carbons (Fsp3) is 0.556. The first-order valence-electron chi connectivity index (χ1n) is 4.75. The van der Waals surface area contributed by atoms with Gasteiger partial charge in [-0.25, -0.2) is 0 Å². The van der Waals surface area contributed by atoms with Gasteiger partial charge in [-0.05, 0) is 11.3 Å². The minimum absolute atomic E-state index is 0.0340. The van der Waals surface area contributed by atoms with E-state index in [0.29, 0.717) is 0 Å². The third kappa shape index (κ3) is 2.87. The molecule has 1 rings (SSSR count). The lowest BCUT2D eigenvalue weighted by Crippen LogP contribution is -2.17. The summed E-state index contributed by atoms with van der Waals surface area (Å²) in [5.41, 5.74) is 0. The average Bonchev–Trinajstić information content (AvgIpc) is 2.65. The highest BCUT2D eigenvalue weighted by molar-refractivity contribution is 5.80. The molecule has 0 spiro atoms. The van der Waals surface area contributed by atoms with Crippen molar-refractivity contribution in [2.24, 2.45) is 5.92 Å². The van der Waals surface area contributed by atoms with Crippen LogP contribution in [0.25, 0.3) is 0 Å². The Morgan fingerprint density at radius 2 is 2.40 bits per heavy atom. The van der Waals surface area contributed by atoms with E-state index in [4.69, 9.17) is 0 Å². The zero-order chi connectivity index (χ0) is 11.4. The number of rotatable bonds is 5. The van der Waals surface area contributed by atoms with Crippen LogP contribution < -0.4 is 0 Å². The Kier molecular flexibility index (Phi) is 3.54. The second kappa shape index (κ2) is 4.68. The molecule has 0 saturated heterocycles. The van der Waals surface area contributed by atoms with Crippen molar-refractivity contribution in [3.63, 3.8) is 0 Å². The second-order valence-electron chi connectivity index (χ2n) is 3.40. The van der Waals surface area contributed by atoms with Crippen LogP contribution >= 0.6 is 0 Å². The number of hydrogen-bond acceptors (Lipinski definition) is 4. The molecule has 6 nitrogen and oxygen atoms in total. The zero-order valence-corrected chi connectivity index (χ0v) is 8.71. The summed E-state index contributed by atoms with van der Waals surface area (Å²) in [6.07, 6.45) is 2.21. The highest BCUT2D eigenvalue weighted by Gasteiger charge is 2.16. The fourth-order valence-corrected chi connectivity index (χ4v) is 1.08. The number of aromatic nitrogens is 2. The molecule has 0 aromatic carbocycles. The van der Waals surface area contributed by atoms with Crippen LogP contribution in [0.15, 0.2) is 12.3 Å². The smallest absolute Gasteiger partial charge is 0.358 e. The number of hydrogen-bond donors (Lipinski definition) is 0. The molecule has 0 amide bonds. The molecule has 1 atom stereocenters. The summed E-state index contributed by atoms with van der Waals surface area (Å²) in [4.78, 5) is 21.2. The van der Waals surface area contributed by atoms with Gasteiger partial charge in [0.2, 0.25) is 0 Å². The maximum atomic E-state index is 11.5. The predicted octanol–water partition coefficient (Wildman–Crippen LogP) is 1.41. The van der Waals surface area contributed by atoms with E-state index in [-0.39, 0.29) is 24.1 Å². The molecule has 1 heterocycles. The largest absolute Gasteiger partial charge is 0.389 e. The number of ketones is 1. The third-order valence-electron chi connectivity index (χ3n) is 2.29. The number of nitro groups is 1. The van der Waals surface area contributed by atoms with Crippen LogP contribution in [0, 0.1) is 16.0 Å². The van der Waals surface area contributed by atoms with Crippen molar-refractivity contribution in [3.05, 3.63) is 22.4 Å². The number of Topliss-reactive ketones (excluding diaryl/α,β-unsaturated/α-hetero) is 1. The van der Waals surface area contributed by atoms with Gasteiger partial charge in [0, 0.05) is 5.92 Å². The Labute approximate surface area is 87.0 Å². The molecule has 1 unspecified atom stereocenters. The SMILES string of the molecule is CCC(C)C(=O)Cn1ccc([N+](=O)[O-])n1. The van der Waals surface area contributed by atoms with Crippen molar-refractivity contribution in [2.75, 3.05) is 0 Å². The van der Waals surface area contributed by atoms with Crippen LogP contribution in [0.3, 0.4) is 0 Å². The predicted molar refractivity (Wildman–Crippen MR) is 53.3 cm³/mol. The van der Waals surface area contributed by atoms with Gasteiger partial charge in [-0.15, -0.1) is 0 Å². The van der Waals surface area contributed by atoms with E-state index in [9.17, 15) is 14.9 Å². The molecule has 1 aromatic rings. The fourth-order valence-electron chi connectivity index (χ4n) is 1.08. The molecular weight excluding hydrogens is 198 g/mol. The summed E-state index contributed by atoms with van der Waals surface area (Å²) >= 11 is 0. The molecule has 82 valence electrons. The van der Waals surface area contributed by atoms with Crippen LogP contribution in [0.2, 0.25) is 0 Å². The molecule has 0 aliphatic rings. The first kappa shape index (κ1) is 11.4. The van der Waals surface area contributed by atoms with Crippen molar-refractivity contribution >= 4 is 11.6 Å². The lowest BCUT2D eigenvalue weighted by Gasteiger charge is -2.04. The molecule has 0 radical (unpaired) electrons. The van der Waals surface area contributed by atoms with Gasteiger partial charge in [-0.2, -0.15) is 4.68 Å². The Hall–Kier alpha value is -1.72. The Balaban J connectivity index is 2.65. The van der Waals surface area contributed by atoms with E-state index in [0.717, 1.165) is 6.42 Å². The van der Waals surface area contributed by atoms with Crippen molar-refractivity contribution in [1.82, 2.24) is 9.78 Å². The zero-order valence-electron chi connectivity index (χ0n) is 8.71. The van der Waals surface area contributed by atoms with E-state index in [1.807, 2.05) is 13.8 Å². The van der Waals surface area contributed by atoms with Crippen LogP contribution in [0.5, 0.6) is 0 Å². The lowest BCUT2D eigenvalue weighted by atomic mass is 10.0. The minimum atomic E-state index is -0.579. The Morgan fingerprint density at radius 1 is 1.73 bits per heavy atom.